The Morgan fingerprint density at radius 2 is 1.65 bits per heavy atom. The summed E-state index contributed by atoms with van der Waals surface area (Å²) in [4.78, 5) is 11.9. The number of rotatable bonds is 12. The highest BCUT2D eigenvalue weighted by Gasteiger charge is 2.10. The molecule has 1 atom stereocenters. The van der Waals surface area contributed by atoms with Crippen molar-refractivity contribution in [1.29, 1.82) is 0 Å². The van der Waals surface area contributed by atoms with E-state index in [0.717, 1.165) is 19.3 Å². The van der Waals surface area contributed by atoms with Crippen molar-refractivity contribution in [2.45, 2.75) is 77.7 Å². The number of unbranched alkanes of at least 4 members (excludes halogenated alkanes) is 6. The van der Waals surface area contributed by atoms with Crippen LogP contribution in [0.25, 0.3) is 0 Å². The molecule has 23 heavy (non-hydrogen) atoms. The number of esters is 1. The van der Waals surface area contributed by atoms with Crippen LogP contribution >= 0.6 is 0 Å². The maximum absolute atomic E-state index is 11.9. The lowest BCUT2D eigenvalue weighted by Crippen LogP contribution is -2.14. The van der Waals surface area contributed by atoms with Gasteiger partial charge in [-0.15, -0.1) is 0 Å². The molecule has 0 heterocycles. The lowest BCUT2D eigenvalue weighted by molar-refractivity contribution is 0.0320. The monoisotopic (exact) mass is 316 g/mol. The first kappa shape index (κ1) is 19.5. The van der Waals surface area contributed by atoms with Gasteiger partial charge in [-0.25, -0.2) is 4.79 Å². The maximum Gasteiger partial charge on any atom is 0.338 e. The Labute approximate surface area is 141 Å². The summed E-state index contributed by atoms with van der Waals surface area (Å²) in [6.07, 6.45) is 15.5. The van der Waals surface area contributed by atoms with E-state index in [1.807, 2.05) is 25.1 Å². The van der Waals surface area contributed by atoms with Crippen molar-refractivity contribution >= 4 is 5.97 Å². The minimum Gasteiger partial charge on any atom is -0.459 e. The maximum atomic E-state index is 11.9. The van der Waals surface area contributed by atoms with Crippen LogP contribution in [-0.2, 0) is 4.74 Å². The molecule has 0 spiro atoms. The second-order valence-corrected chi connectivity index (χ2v) is 6.19. The Hall–Kier alpha value is -1.57. The van der Waals surface area contributed by atoms with Crippen molar-refractivity contribution in [3.8, 4) is 0 Å². The lowest BCUT2D eigenvalue weighted by Gasteiger charge is -2.12. The van der Waals surface area contributed by atoms with Gasteiger partial charge in [-0.2, -0.15) is 0 Å². The molecule has 2 nitrogen and oxygen atoms in total. The van der Waals surface area contributed by atoms with Gasteiger partial charge in [0.1, 0.15) is 0 Å². The SMILES string of the molecule is CCCCCC/C=C\CCCCC(C)OC(=O)c1ccccc1. The number of carbonyl (C=O) groups is 1. The second kappa shape index (κ2) is 12.9. The number of benzene rings is 1. The fourth-order valence-corrected chi connectivity index (χ4v) is 2.50. The Morgan fingerprint density at radius 1 is 1.00 bits per heavy atom. The molecule has 0 saturated carbocycles. The van der Waals surface area contributed by atoms with Gasteiger partial charge in [-0.1, -0.05) is 56.5 Å². The van der Waals surface area contributed by atoms with Crippen molar-refractivity contribution in [2.24, 2.45) is 0 Å². The van der Waals surface area contributed by atoms with E-state index in [1.165, 1.54) is 38.5 Å². The zero-order valence-electron chi connectivity index (χ0n) is 14.8. The average Bonchev–Trinajstić information content (AvgIpc) is 2.57. The predicted molar refractivity (Wildman–Crippen MR) is 97.7 cm³/mol. The predicted octanol–water partition coefficient (Wildman–Crippen LogP) is 6.32. The molecule has 1 unspecified atom stereocenters. The van der Waals surface area contributed by atoms with Gasteiger partial charge in [0.05, 0.1) is 11.7 Å². The minimum absolute atomic E-state index is 0.0132. The molecule has 1 aromatic carbocycles. The number of carbonyl (C=O) groups excluding carboxylic acids is 1. The standard InChI is InChI=1S/C21H32O2/c1-3-4-5-6-7-8-9-10-11-13-16-19(2)23-21(22)20-17-14-12-15-18-20/h8-9,12,14-15,17-19H,3-7,10-11,13,16H2,1-2H3/b9-8-. The Morgan fingerprint density at radius 3 is 2.30 bits per heavy atom. The molecule has 0 amide bonds. The van der Waals surface area contributed by atoms with Crippen LogP contribution < -0.4 is 0 Å². The van der Waals surface area contributed by atoms with Crippen LogP contribution in [0.1, 0.15) is 82.0 Å². The zero-order chi connectivity index (χ0) is 16.8. The molecule has 128 valence electrons. The molecule has 0 aliphatic rings. The van der Waals surface area contributed by atoms with E-state index in [0.29, 0.717) is 5.56 Å². The quantitative estimate of drug-likeness (QED) is 0.256. The van der Waals surface area contributed by atoms with Crippen molar-refractivity contribution in [3.05, 3.63) is 48.0 Å². The first-order chi connectivity index (χ1) is 11.2. The average molecular weight is 316 g/mol. The minimum atomic E-state index is -0.218. The molecule has 0 saturated heterocycles. The second-order valence-electron chi connectivity index (χ2n) is 6.19. The van der Waals surface area contributed by atoms with Crippen molar-refractivity contribution in [3.63, 3.8) is 0 Å². The van der Waals surface area contributed by atoms with E-state index >= 15 is 0 Å². The number of hydrogen-bond donors (Lipinski definition) is 0. The summed E-state index contributed by atoms with van der Waals surface area (Å²) >= 11 is 0. The third-order valence-electron chi connectivity index (χ3n) is 3.94. The molecule has 0 aliphatic heterocycles. The number of ether oxygens (including phenoxy) is 1. The van der Waals surface area contributed by atoms with Gasteiger partial charge >= 0.3 is 5.97 Å². The summed E-state index contributed by atoms with van der Waals surface area (Å²) < 4.78 is 5.46. The molecular formula is C21H32O2. The molecule has 0 bridgehead atoms. The molecule has 0 fully saturated rings. The topological polar surface area (TPSA) is 26.3 Å². The van der Waals surface area contributed by atoms with Gasteiger partial charge in [-0.3, -0.25) is 0 Å². The van der Waals surface area contributed by atoms with Gasteiger partial charge in [-0.05, 0) is 57.6 Å². The van der Waals surface area contributed by atoms with Crippen molar-refractivity contribution in [1.82, 2.24) is 0 Å². The normalized spacial score (nSPS) is 12.4. The Balaban J connectivity index is 2.03. The first-order valence-corrected chi connectivity index (χ1v) is 9.15. The van der Waals surface area contributed by atoms with Gasteiger partial charge in [0, 0.05) is 0 Å². The molecule has 1 rings (SSSR count). The lowest BCUT2D eigenvalue weighted by atomic mass is 10.1. The molecule has 0 radical (unpaired) electrons. The third kappa shape index (κ3) is 9.93. The van der Waals surface area contributed by atoms with E-state index in [4.69, 9.17) is 4.74 Å². The van der Waals surface area contributed by atoms with Gasteiger partial charge in [0.2, 0.25) is 0 Å². The van der Waals surface area contributed by atoms with Crippen molar-refractivity contribution < 1.29 is 9.53 Å². The summed E-state index contributed by atoms with van der Waals surface area (Å²) in [5.74, 6) is -0.218. The Kier molecular flexibility index (Phi) is 10.9. The van der Waals surface area contributed by atoms with Crippen LogP contribution in [-0.4, -0.2) is 12.1 Å². The van der Waals surface area contributed by atoms with E-state index < -0.39 is 0 Å². The number of allylic oxidation sites excluding steroid dienone is 2. The third-order valence-corrected chi connectivity index (χ3v) is 3.94. The summed E-state index contributed by atoms with van der Waals surface area (Å²) in [5.41, 5.74) is 0.630. The highest BCUT2D eigenvalue weighted by molar-refractivity contribution is 5.89. The first-order valence-electron chi connectivity index (χ1n) is 9.15. The molecule has 0 aliphatic carbocycles. The molecule has 0 N–H and O–H groups in total. The highest BCUT2D eigenvalue weighted by atomic mass is 16.5. The van der Waals surface area contributed by atoms with Gasteiger partial charge < -0.3 is 4.74 Å². The fraction of sp³-hybridized carbons (Fsp3) is 0.571. The largest absolute Gasteiger partial charge is 0.459 e. The van der Waals surface area contributed by atoms with Crippen molar-refractivity contribution in [2.75, 3.05) is 0 Å². The van der Waals surface area contributed by atoms with Crippen LogP contribution in [0.2, 0.25) is 0 Å². The Bertz CT molecular complexity index is 436. The summed E-state index contributed by atoms with van der Waals surface area (Å²) in [6.45, 7) is 4.22. The molecule has 1 aromatic rings. The summed E-state index contributed by atoms with van der Waals surface area (Å²) in [5, 5.41) is 0. The molecule has 2 heteroatoms. The van der Waals surface area contributed by atoms with Gasteiger partial charge in [0.25, 0.3) is 0 Å². The number of hydrogen-bond acceptors (Lipinski definition) is 2. The molecular weight excluding hydrogens is 284 g/mol. The van der Waals surface area contributed by atoms with E-state index in [9.17, 15) is 4.79 Å². The fourth-order valence-electron chi connectivity index (χ4n) is 2.50. The van der Waals surface area contributed by atoms with Crippen LogP contribution in [0.5, 0.6) is 0 Å². The van der Waals surface area contributed by atoms with Crippen LogP contribution in [0.3, 0.4) is 0 Å². The highest BCUT2D eigenvalue weighted by Crippen LogP contribution is 2.11. The zero-order valence-corrected chi connectivity index (χ0v) is 14.8. The van der Waals surface area contributed by atoms with Crippen LogP contribution in [0, 0.1) is 0 Å². The molecule has 0 aromatic heterocycles. The van der Waals surface area contributed by atoms with Crippen LogP contribution in [0.15, 0.2) is 42.5 Å². The summed E-state index contributed by atoms with van der Waals surface area (Å²) in [7, 11) is 0. The van der Waals surface area contributed by atoms with E-state index in [-0.39, 0.29) is 12.1 Å². The van der Waals surface area contributed by atoms with Crippen LogP contribution in [0.4, 0.5) is 0 Å². The van der Waals surface area contributed by atoms with Gasteiger partial charge in [0.15, 0.2) is 0 Å². The summed E-state index contributed by atoms with van der Waals surface area (Å²) in [6, 6.07) is 9.20. The van der Waals surface area contributed by atoms with E-state index in [2.05, 4.69) is 19.1 Å². The smallest absolute Gasteiger partial charge is 0.338 e. The van der Waals surface area contributed by atoms with E-state index in [1.54, 1.807) is 12.1 Å².